The fraction of sp³-hybridized carbons (Fsp3) is 0.222. The molecule has 0 saturated carbocycles. The Morgan fingerprint density at radius 3 is 2.08 bits per heavy atom. The number of amides is 2. The number of halogens is 2. The molecule has 6 nitrogen and oxygen atoms in total. The smallest absolute Gasteiger partial charge is 0.258 e. The van der Waals surface area contributed by atoms with Gasteiger partial charge in [-0.2, -0.15) is 0 Å². The van der Waals surface area contributed by atoms with Gasteiger partial charge in [-0.3, -0.25) is 9.59 Å². The summed E-state index contributed by atoms with van der Waals surface area (Å²) in [4.78, 5) is 23.3. The van der Waals surface area contributed by atoms with E-state index < -0.39 is 0 Å². The van der Waals surface area contributed by atoms with Crippen molar-refractivity contribution in [3.05, 3.63) is 58.6 Å². The molecule has 2 N–H and O–H groups in total. The van der Waals surface area contributed by atoms with E-state index in [4.69, 9.17) is 32.7 Å². The topological polar surface area (TPSA) is 76.7 Å². The van der Waals surface area contributed by atoms with Crippen LogP contribution in [0.4, 0.5) is 0 Å². The van der Waals surface area contributed by atoms with Crippen LogP contribution in [0.2, 0.25) is 10.0 Å². The molecule has 138 valence electrons. The van der Waals surface area contributed by atoms with Gasteiger partial charge in [-0.1, -0.05) is 41.4 Å². The monoisotopic (exact) mass is 396 g/mol. The number of carbonyl (C=O) groups is 2. The Morgan fingerprint density at radius 2 is 1.46 bits per heavy atom. The Bertz CT molecular complexity index is 741. The van der Waals surface area contributed by atoms with Gasteiger partial charge in [-0.05, 0) is 30.3 Å². The summed E-state index contributed by atoms with van der Waals surface area (Å²) < 4.78 is 10.6. The molecule has 26 heavy (non-hydrogen) atoms. The van der Waals surface area contributed by atoms with Crippen LogP contribution in [0, 0.1) is 0 Å². The lowest BCUT2D eigenvalue weighted by Gasteiger charge is -2.10. The van der Waals surface area contributed by atoms with Crippen LogP contribution in [0.1, 0.15) is 0 Å². The van der Waals surface area contributed by atoms with Gasteiger partial charge >= 0.3 is 0 Å². The van der Waals surface area contributed by atoms with Crippen LogP contribution < -0.4 is 20.1 Å². The molecule has 0 saturated heterocycles. The first-order valence-corrected chi connectivity index (χ1v) is 8.59. The molecule has 0 unspecified atom stereocenters. The van der Waals surface area contributed by atoms with Crippen molar-refractivity contribution in [1.82, 2.24) is 10.6 Å². The summed E-state index contributed by atoms with van der Waals surface area (Å²) >= 11 is 11.7. The van der Waals surface area contributed by atoms with Crippen LogP contribution in [0.3, 0.4) is 0 Å². The zero-order valence-electron chi connectivity index (χ0n) is 13.8. The van der Waals surface area contributed by atoms with E-state index in [2.05, 4.69) is 10.6 Å². The summed E-state index contributed by atoms with van der Waals surface area (Å²) in [6, 6.07) is 13.8. The highest BCUT2D eigenvalue weighted by Crippen LogP contribution is 2.27. The molecule has 0 aliphatic rings. The van der Waals surface area contributed by atoms with E-state index in [1.807, 2.05) is 18.2 Å². The quantitative estimate of drug-likeness (QED) is 0.638. The number of carbonyl (C=O) groups excluding carboxylic acids is 2. The van der Waals surface area contributed by atoms with Gasteiger partial charge in [0.25, 0.3) is 11.8 Å². The van der Waals surface area contributed by atoms with Crippen molar-refractivity contribution in [2.45, 2.75) is 0 Å². The van der Waals surface area contributed by atoms with Crippen LogP contribution in [0.25, 0.3) is 0 Å². The van der Waals surface area contributed by atoms with Crippen LogP contribution in [-0.4, -0.2) is 38.1 Å². The second-order valence-corrected chi connectivity index (χ2v) is 6.01. The maximum absolute atomic E-state index is 11.7. The highest BCUT2D eigenvalue weighted by Gasteiger charge is 2.07. The molecule has 8 heteroatoms. The normalized spacial score (nSPS) is 10.1. The molecule has 0 aliphatic heterocycles. The first kappa shape index (κ1) is 19.9. The number of para-hydroxylation sites is 1. The minimum atomic E-state index is -0.328. The number of ether oxygens (including phenoxy) is 2. The van der Waals surface area contributed by atoms with E-state index in [1.165, 1.54) is 6.07 Å². The standard InChI is InChI=1S/C18H18Cl2N2O4/c19-13-6-7-16(15(20)10-13)26-12-18(24)22-9-8-21-17(23)11-25-14-4-2-1-3-5-14/h1-7,10H,8-9,11-12H2,(H,21,23)(H,22,24). The summed E-state index contributed by atoms with van der Waals surface area (Å²) in [6.07, 6.45) is 0. The SMILES string of the molecule is O=C(COc1ccccc1)NCCNC(=O)COc1ccc(Cl)cc1Cl. The lowest BCUT2D eigenvalue weighted by Crippen LogP contribution is -2.38. The van der Waals surface area contributed by atoms with Crippen molar-refractivity contribution in [1.29, 1.82) is 0 Å². The molecule has 2 aromatic carbocycles. The molecule has 0 fully saturated rings. The zero-order chi connectivity index (χ0) is 18.8. The Hall–Kier alpha value is -2.44. The average molecular weight is 397 g/mol. The Balaban J connectivity index is 1.57. The molecule has 2 rings (SSSR count). The van der Waals surface area contributed by atoms with Crippen molar-refractivity contribution in [2.75, 3.05) is 26.3 Å². The lowest BCUT2D eigenvalue weighted by atomic mass is 10.3. The molecule has 0 atom stereocenters. The molecule has 2 aromatic rings. The molecule has 0 heterocycles. The molecule has 0 aliphatic carbocycles. The van der Waals surface area contributed by atoms with Crippen molar-refractivity contribution in [2.24, 2.45) is 0 Å². The minimum absolute atomic E-state index is 0.0872. The van der Waals surface area contributed by atoms with Crippen LogP contribution in [-0.2, 0) is 9.59 Å². The fourth-order valence-corrected chi connectivity index (χ4v) is 2.37. The third kappa shape index (κ3) is 7.21. The largest absolute Gasteiger partial charge is 0.484 e. The van der Waals surface area contributed by atoms with Gasteiger partial charge in [0.05, 0.1) is 5.02 Å². The lowest BCUT2D eigenvalue weighted by molar-refractivity contribution is -0.124. The summed E-state index contributed by atoms with van der Waals surface area (Å²) in [6.45, 7) is 0.278. The van der Waals surface area contributed by atoms with Crippen molar-refractivity contribution in [3.8, 4) is 11.5 Å². The van der Waals surface area contributed by atoms with Gasteiger partial charge in [-0.15, -0.1) is 0 Å². The average Bonchev–Trinajstić information content (AvgIpc) is 2.63. The van der Waals surface area contributed by atoms with E-state index in [0.29, 0.717) is 21.5 Å². The van der Waals surface area contributed by atoms with Crippen molar-refractivity contribution < 1.29 is 19.1 Å². The van der Waals surface area contributed by atoms with E-state index >= 15 is 0 Å². The van der Waals surface area contributed by atoms with Gasteiger partial charge in [0.15, 0.2) is 13.2 Å². The third-order valence-corrected chi connectivity index (χ3v) is 3.67. The summed E-state index contributed by atoms with van der Waals surface area (Å²) in [5, 5.41) is 6.08. The van der Waals surface area contributed by atoms with Gasteiger partial charge < -0.3 is 20.1 Å². The van der Waals surface area contributed by atoms with E-state index in [-0.39, 0.29) is 38.1 Å². The number of hydrogen-bond acceptors (Lipinski definition) is 4. The Labute approximate surface area is 161 Å². The van der Waals surface area contributed by atoms with Crippen LogP contribution in [0.5, 0.6) is 11.5 Å². The van der Waals surface area contributed by atoms with Gasteiger partial charge in [0.1, 0.15) is 11.5 Å². The third-order valence-electron chi connectivity index (χ3n) is 3.14. The second kappa shape index (κ2) is 10.5. The van der Waals surface area contributed by atoms with Gasteiger partial charge in [0.2, 0.25) is 0 Å². The minimum Gasteiger partial charge on any atom is -0.484 e. The molecular weight excluding hydrogens is 379 g/mol. The maximum atomic E-state index is 11.7. The van der Waals surface area contributed by atoms with Crippen LogP contribution in [0.15, 0.2) is 48.5 Å². The van der Waals surface area contributed by atoms with E-state index in [1.54, 1.807) is 24.3 Å². The number of benzene rings is 2. The van der Waals surface area contributed by atoms with Crippen molar-refractivity contribution >= 4 is 35.0 Å². The summed E-state index contributed by atoms with van der Waals surface area (Å²) in [7, 11) is 0. The molecule has 0 spiro atoms. The Morgan fingerprint density at radius 1 is 0.846 bits per heavy atom. The predicted molar refractivity (Wildman–Crippen MR) is 99.9 cm³/mol. The van der Waals surface area contributed by atoms with E-state index in [9.17, 15) is 9.59 Å². The zero-order valence-corrected chi connectivity index (χ0v) is 15.3. The Kier molecular flexibility index (Phi) is 8.05. The first-order chi connectivity index (χ1) is 12.5. The molecule has 0 radical (unpaired) electrons. The fourth-order valence-electron chi connectivity index (χ4n) is 1.91. The highest BCUT2D eigenvalue weighted by atomic mass is 35.5. The van der Waals surface area contributed by atoms with Crippen LogP contribution >= 0.6 is 23.2 Å². The predicted octanol–water partition coefficient (Wildman–Crippen LogP) is 2.68. The second-order valence-electron chi connectivity index (χ2n) is 5.17. The van der Waals surface area contributed by atoms with Gasteiger partial charge in [0, 0.05) is 18.1 Å². The molecule has 0 bridgehead atoms. The number of rotatable bonds is 9. The molecule has 2 amide bonds. The highest BCUT2D eigenvalue weighted by molar-refractivity contribution is 6.35. The van der Waals surface area contributed by atoms with E-state index in [0.717, 1.165) is 0 Å². The number of hydrogen-bond donors (Lipinski definition) is 2. The summed E-state index contributed by atoms with van der Waals surface area (Å²) in [5.74, 6) is 0.393. The van der Waals surface area contributed by atoms with Gasteiger partial charge in [-0.25, -0.2) is 0 Å². The van der Waals surface area contributed by atoms with Crippen molar-refractivity contribution in [3.63, 3.8) is 0 Å². The summed E-state index contributed by atoms with van der Waals surface area (Å²) in [5.41, 5.74) is 0. The maximum Gasteiger partial charge on any atom is 0.258 e. The molecular formula is C18H18Cl2N2O4. The first-order valence-electron chi connectivity index (χ1n) is 7.83. The number of nitrogens with one attached hydrogen (secondary N) is 2. The molecule has 0 aromatic heterocycles.